The van der Waals surface area contributed by atoms with Crippen LogP contribution in [0.3, 0.4) is 0 Å². The first kappa shape index (κ1) is 15.7. The van der Waals surface area contributed by atoms with Crippen molar-refractivity contribution < 1.29 is 14.1 Å². The van der Waals surface area contributed by atoms with Crippen LogP contribution in [0.4, 0.5) is 10.1 Å². The molecule has 0 aromatic heterocycles. The van der Waals surface area contributed by atoms with E-state index in [1.54, 1.807) is 0 Å². The van der Waals surface area contributed by atoms with Crippen LogP contribution in [0.1, 0.15) is 33.6 Å². The van der Waals surface area contributed by atoms with E-state index in [0.717, 1.165) is 31.5 Å². The van der Waals surface area contributed by atoms with Crippen molar-refractivity contribution >= 4 is 5.69 Å². The molecule has 1 N–H and O–H groups in total. The highest BCUT2D eigenvalue weighted by Crippen LogP contribution is 2.43. The molecule has 2 unspecified atom stereocenters. The van der Waals surface area contributed by atoms with E-state index >= 15 is 0 Å². The SMILES string of the molecule is CCCNC1CC(Oc2ccc([N+](=O)[O-])c(F)c2)C1(C)C. The van der Waals surface area contributed by atoms with Gasteiger partial charge in [0.2, 0.25) is 5.82 Å². The van der Waals surface area contributed by atoms with Crippen molar-refractivity contribution in [2.45, 2.75) is 45.8 Å². The van der Waals surface area contributed by atoms with Gasteiger partial charge in [-0.1, -0.05) is 20.8 Å². The summed E-state index contributed by atoms with van der Waals surface area (Å²) in [6, 6.07) is 4.05. The van der Waals surface area contributed by atoms with Gasteiger partial charge in [0.05, 0.1) is 4.92 Å². The van der Waals surface area contributed by atoms with Crippen LogP contribution < -0.4 is 10.1 Å². The van der Waals surface area contributed by atoms with Gasteiger partial charge in [0.25, 0.3) is 0 Å². The normalized spacial score (nSPS) is 23.4. The van der Waals surface area contributed by atoms with Crippen LogP contribution in [-0.2, 0) is 0 Å². The Morgan fingerprint density at radius 3 is 2.76 bits per heavy atom. The second kappa shape index (κ2) is 5.97. The van der Waals surface area contributed by atoms with Crippen LogP contribution in [0.25, 0.3) is 0 Å². The standard InChI is InChI=1S/C15H21FN2O3/c1-4-7-17-13-9-14(15(13,2)3)21-10-5-6-12(18(19)20)11(16)8-10/h5-6,8,13-14,17H,4,7,9H2,1-3H3. The van der Waals surface area contributed by atoms with Gasteiger partial charge in [-0.2, -0.15) is 4.39 Å². The predicted octanol–water partition coefficient (Wildman–Crippen LogP) is 3.28. The minimum absolute atomic E-state index is 0.0206. The van der Waals surface area contributed by atoms with Gasteiger partial charge in [0, 0.05) is 30.0 Å². The molecule has 0 aliphatic heterocycles. The van der Waals surface area contributed by atoms with Gasteiger partial charge >= 0.3 is 5.69 Å². The molecule has 2 rings (SSSR count). The Bertz CT molecular complexity index is 534. The molecule has 0 saturated heterocycles. The summed E-state index contributed by atoms with van der Waals surface area (Å²) in [6.07, 6.45) is 1.91. The first-order chi connectivity index (χ1) is 9.86. The number of hydrogen-bond acceptors (Lipinski definition) is 4. The van der Waals surface area contributed by atoms with Crippen LogP contribution in [0.2, 0.25) is 0 Å². The van der Waals surface area contributed by atoms with Crippen LogP contribution >= 0.6 is 0 Å². The fourth-order valence-electron chi connectivity index (χ4n) is 2.62. The molecular weight excluding hydrogens is 275 g/mol. The van der Waals surface area contributed by atoms with Crippen LogP contribution in [0.15, 0.2) is 18.2 Å². The third-order valence-electron chi connectivity index (χ3n) is 4.21. The Morgan fingerprint density at radius 1 is 1.52 bits per heavy atom. The predicted molar refractivity (Wildman–Crippen MR) is 78.0 cm³/mol. The van der Waals surface area contributed by atoms with Gasteiger partial charge in [0.1, 0.15) is 11.9 Å². The molecule has 5 nitrogen and oxygen atoms in total. The smallest absolute Gasteiger partial charge is 0.305 e. The van der Waals surface area contributed by atoms with E-state index in [9.17, 15) is 14.5 Å². The summed E-state index contributed by atoms with van der Waals surface area (Å²) in [7, 11) is 0. The summed E-state index contributed by atoms with van der Waals surface area (Å²) in [4.78, 5) is 9.85. The average molecular weight is 296 g/mol. The van der Waals surface area contributed by atoms with Gasteiger partial charge in [-0.05, 0) is 19.0 Å². The van der Waals surface area contributed by atoms with E-state index in [2.05, 4.69) is 26.1 Å². The van der Waals surface area contributed by atoms with Gasteiger partial charge < -0.3 is 10.1 Å². The second-order valence-electron chi connectivity index (χ2n) is 6.04. The van der Waals surface area contributed by atoms with Crippen LogP contribution in [0.5, 0.6) is 5.75 Å². The number of rotatable bonds is 6. The molecule has 1 aromatic rings. The number of hydrogen-bond donors (Lipinski definition) is 1. The van der Waals surface area contributed by atoms with E-state index < -0.39 is 16.4 Å². The minimum Gasteiger partial charge on any atom is -0.490 e. The van der Waals surface area contributed by atoms with E-state index in [4.69, 9.17) is 4.74 Å². The first-order valence-corrected chi connectivity index (χ1v) is 7.20. The van der Waals surface area contributed by atoms with Crippen molar-refractivity contribution in [1.29, 1.82) is 0 Å². The summed E-state index contributed by atoms with van der Waals surface area (Å²) in [6.45, 7) is 7.30. The van der Waals surface area contributed by atoms with Gasteiger partial charge in [0.15, 0.2) is 0 Å². The fourth-order valence-corrected chi connectivity index (χ4v) is 2.62. The molecule has 21 heavy (non-hydrogen) atoms. The highest BCUT2D eigenvalue weighted by Gasteiger charge is 2.49. The maximum absolute atomic E-state index is 13.6. The summed E-state index contributed by atoms with van der Waals surface area (Å²) in [5, 5.41) is 14.1. The molecule has 1 aromatic carbocycles. The van der Waals surface area contributed by atoms with Crippen molar-refractivity contribution in [3.8, 4) is 5.75 Å². The Morgan fingerprint density at radius 2 is 2.24 bits per heavy atom. The maximum atomic E-state index is 13.6. The van der Waals surface area contributed by atoms with E-state index in [1.807, 2.05) is 0 Å². The first-order valence-electron chi connectivity index (χ1n) is 7.20. The molecule has 6 heteroatoms. The van der Waals surface area contributed by atoms with Crippen molar-refractivity contribution in [2.24, 2.45) is 5.41 Å². The zero-order chi connectivity index (χ0) is 15.6. The molecule has 1 aliphatic rings. The van der Waals surface area contributed by atoms with E-state index in [-0.39, 0.29) is 11.5 Å². The number of nitrogens with one attached hydrogen (secondary N) is 1. The lowest BCUT2D eigenvalue weighted by Crippen LogP contribution is -2.62. The molecule has 0 radical (unpaired) electrons. The maximum Gasteiger partial charge on any atom is 0.305 e. The van der Waals surface area contributed by atoms with Gasteiger partial charge in [-0.3, -0.25) is 10.1 Å². The zero-order valence-corrected chi connectivity index (χ0v) is 12.6. The number of ether oxygens (including phenoxy) is 1. The number of benzene rings is 1. The average Bonchev–Trinajstić information content (AvgIpc) is 2.41. The molecule has 0 heterocycles. The van der Waals surface area contributed by atoms with Crippen LogP contribution in [-0.4, -0.2) is 23.6 Å². The summed E-state index contributed by atoms with van der Waals surface area (Å²) >= 11 is 0. The van der Waals surface area contributed by atoms with Gasteiger partial charge in [-0.15, -0.1) is 0 Å². The molecule has 0 amide bonds. The molecule has 2 atom stereocenters. The second-order valence-corrected chi connectivity index (χ2v) is 6.04. The Balaban J connectivity index is 2.00. The molecule has 1 saturated carbocycles. The molecular formula is C15H21FN2O3. The van der Waals surface area contributed by atoms with E-state index in [1.165, 1.54) is 6.07 Å². The Labute approximate surface area is 123 Å². The highest BCUT2D eigenvalue weighted by atomic mass is 19.1. The highest BCUT2D eigenvalue weighted by molar-refractivity contribution is 5.38. The summed E-state index contributed by atoms with van der Waals surface area (Å²) in [5.74, 6) is -0.527. The lowest BCUT2D eigenvalue weighted by atomic mass is 9.64. The molecule has 0 spiro atoms. The quantitative estimate of drug-likeness (QED) is 0.646. The fraction of sp³-hybridized carbons (Fsp3) is 0.600. The number of nitrogens with zero attached hydrogens (tertiary/aromatic N) is 1. The zero-order valence-electron chi connectivity index (χ0n) is 12.6. The lowest BCUT2D eigenvalue weighted by molar-refractivity contribution is -0.387. The molecule has 0 bridgehead atoms. The Kier molecular flexibility index (Phi) is 4.46. The summed E-state index contributed by atoms with van der Waals surface area (Å²) in [5.41, 5.74) is -0.578. The summed E-state index contributed by atoms with van der Waals surface area (Å²) < 4.78 is 19.4. The number of nitro benzene ring substituents is 1. The Hall–Kier alpha value is -1.69. The number of nitro groups is 1. The molecule has 1 fully saturated rings. The number of halogens is 1. The van der Waals surface area contributed by atoms with Gasteiger partial charge in [-0.25, -0.2) is 0 Å². The topological polar surface area (TPSA) is 64.4 Å². The lowest BCUT2D eigenvalue weighted by Gasteiger charge is -2.51. The van der Waals surface area contributed by atoms with Crippen molar-refractivity contribution in [1.82, 2.24) is 5.32 Å². The largest absolute Gasteiger partial charge is 0.490 e. The molecule has 1 aliphatic carbocycles. The third kappa shape index (κ3) is 3.15. The third-order valence-corrected chi connectivity index (χ3v) is 4.21. The van der Waals surface area contributed by atoms with Crippen molar-refractivity contribution in [3.05, 3.63) is 34.1 Å². The molecule has 116 valence electrons. The van der Waals surface area contributed by atoms with Crippen LogP contribution in [0, 0.1) is 21.3 Å². The van der Waals surface area contributed by atoms with Crippen molar-refractivity contribution in [2.75, 3.05) is 6.54 Å². The minimum atomic E-state index is -0.865. The van der Waals surface area contributed by atoms with Crippen molar-refractivity contribution in [3.63, 3.8) is 0 Å². The van der Waals surface area contributed by atoms with E-state index in [0.29, 0.717) is 11.8 Å². The monoisotopic (exact) mass is 296 g/mol.